The average Bonchev–Trinajstić information content (AvgIpc) is 2.55. The van der Waals surface area contributed by atoms with Crippen molar-refractivity contribution in [3.63, 3.8) is 0 Å². The maximum absolute atomic E-state index is 13.0. The summed E-state index contributed by atoms with van der Waals surface area (Å²) in [7, 11) is 1.30. The van der Waals surface area contributed by atoms with Gasteiger partial charge in [0.1, 0.15) is 5.82 Å². The molecule has 1 amide bonds. The van der Waals surface area contributed by atoms with Crippen molar-refractivity contribution in [3.05, 3.63) is 47.8 Å². The topological polar surface area (TPSA) is 55.4 Å². The summed E-state index contributed by atoms with van der Waals surface area (Å²) in [4.78, 5) is 23.9. The Bertz CT molecular complexity index is 554. The van der Waals surface area contributed by atoms with E-state index in [0.29, 0.717) is 12.0 Å². The number of carbonyl (C=O) groups excluding carboxylic acids is 2. The summed E-state index contributed by atoms with van der Waals surface area (Å²) in [6.45, 7) is 0. The lowest BCUT2D eigenvalue weighted by Gasteiger charge is -2.23. The summed E-state index contributed by atoms with van der Waals surface area (Å²) in [5.41, 5.74) is 0.687. The van der Waals surface area contributed by atoms with E-state index in [9.17, 15) is 14.0 Å². The third-order valence-electron chi connectivity index (χ3n) is 3.83. The number of hydrogen-bond donors (Lipinski definition) is 1. The number of carbonyl (C=O) groups is 2. The number of esters is 1. The van der Waals surface area contributed by atoms with Gasteiger partial charge in [-0.25, -0.2) is 4.39 Å². The molecule has 0 spiro atoms. The Hall–Kier alpha value is -2.17. The number of hydrogen-bond acceptors (Lipinski definition) is 3. The van der Waals surface area contributed by atoms with Gasteiger partial charge in [-0.2, -0.15) is 0 Å². The summed E-state index contributed by atoms with van der Waals surface area (Å²) >= 11 is 0. The van der Waals surface area contributed by atoms with Gasteiger partial charge in [-0.3, -0.25) is 9.59 Å². The maximum Gasteiger partial charge on any atom is 0.307 e. The van der Waals surface area contributed by atoms with Crippen molar-refractivity contribution in [2.24, 2.45) is 5.92 Å². The smallest absolute Gasteiger partial charge is 0.307 e. The predicted octanol–water partition coefficient (Wildman–Crippen LogP) is 2.90. The van der Waals surface area contributed by atoms with E-state index in [4.69, 9.17) is 0 Å². The van der Waals surface area contributed by atoms with Gasteiger partial charge in [0, 0.05) is 5.92 Å². The summed E-state index contributed by atoms with van der Waals surface area (Å²) in [6, 6.07) is 5.27. The molecule has 0 saturated heterocycles. The second kappa shape index (κ2) is 7.73. The molecule has 0 heterocycles. The van der Waals surface area contributed by atoms with E-state index in [1.54, 1.807) is 12.1 Å². The van der Waals surface area contributed by atoms with Crippen molar-refractivity contribution in [2.45, 2.75) is 31.7 Å². The summed E-state index contributed by atoms with van der Waals surface area (Å²) in [6.07, 6.45) is 6.49. The average molecular weight is 305 g/mol. The van der Waals surface area contributed by atoms with Crippen LogP contribution in [0.3, 0.4) is 0 Å². The molecule has 5 heteroatoms. The van der Waals surface area contributed by atoms with Crippen LogP contribution in [0.4, 0.5) is 4.39 Å². The molecule has 4 nitrogen and oxygen atoms in total. The lowest BCUT2D eigenvalue weighted by Crippen LogP contribution is -2.35. The fraction of sp³-hybridized carbons (Fsp3) is 0.412. The van der Waals surface area contributed by atoms with Crippen LogP contribution in [0.25, 0.3) is 0 Å². The van der Waals surface area contributed by atoms with E-state index < -0.39 is 12.0 Å². The quantitative estimate of drug-likeness (QED) is 0.672. The van der Waals surface area contributed by atoms with Crippen LogP contribution < -0.4 is 5.32 Å². The van der Waals surface area contributed by atoms with Gasteiger partial charge in [-0.1, -0.05) is 24.3 Å². The van der Waals surface area contributed by atoms with Crippen LogP contribution in [0, 0.1) is 11.7 Å². The first kappa shape index (κ1) is 16.2. The number of benzene rings is 1. The molecule has 0 saturated carbocycles. The first-order valence-corrected chi connectivity index (χ1v) is 7.38. The maximum atomic E-state index is 13.0. The van der Waals surface area contributed by atoms with Crippen molar-refractivity contribution in [1.82, 2.24) is 5.32 Å². The molecule has 1 aliphatic rings. The summed E-state index contributed by atoms with van der Waals surface area (Å²) < 4.78 is 17.7. The zero-order valence-electron chi connectivity index (χ0n) is 12.5. The van der Waals surface area contributed by atoms with Gasteiger partial charge < -0.3 is 10.1 Å². The minimum absolute atomic E-state index is 0.0242. The lowest BCUT2D eigenvalue weighted by atomic mass is 9.92. The second-order valence-electron chi connectivity index (χ2n) is 5.37. The molecule has 2 rings (SSSR count). The largest absolute Gasteiger partial charge is 0.469 e. The molecule has 0 aromatic heterocycles. The normalized spacial score (nSPS) is 18.5. The number of methoxy groups -OCH3 is 1. The first-order valence-electron chi connectivity index (χ1n) is 7.38. The third-order valence-corrected chi connectivity index (χ3v) is 3.83. The first-order chi connectivity index (χ1) is 10.6. The Balaban J connectivity index is 2.09. The highest BCUT2D eigenvalue weighted by Gasteiger charge is 2.24. The molecular formula is C17H20FNO3. The van der Waals surface area contributed by atoms with Gasteiger partial charge in [0.2, 0.25) is 5.91 Å². The number of nitrogens with one attached hydrogen (secondary N) is 1. The van der Waals surface area contributed by atoms with Crippen LogP contribution in [0.1, 0.15) is 37.3 Å². The fourth-order valence-corrected chi connectivity index (χ4v) is 2.52. The van der Waals surface area contributed by atoms with Crippen molar-refractivity contribution in [3.8, 4) is 0 Å². The number of allylic oxidation sites excluding steroid dienone is 2. The van der Waals surface area contributed by atoms with Crippen LogP contribution in [0.2, 0.25) is 0 Å². The highest BCUT2D eigenvalue weighted by Crippen LogP contribution is 2.22. The van der Waals surface area contributed by atoms with E-state index in [2.05, 4.69) is 16.1 Å². The van der Waals surface area contributed by atoms with Crippen LogP contribution in [-0.4, -0.2) is 19.0 Å². The summed E-state index contributed by atoms with van der Waals surface area (Å²) in [5.74, 6) is -0.935. The standard InChI is InChI=1S/C17H20FNO3/c1-22-16(20)11-15(12-7-9-14(18)10-8-12)19-17(21)13-5-3-2-4-6-13/h2-3,7-10,13,15H,4-6,11H2,1H3,(H,19,21)/t13-,15-/m0/s1. The van der Waals surface area contributed by atoms with Gasteiger partial charge in [-0.15, -0.1) is 0 Å². The molecule has 0 fully saturated rings. The molecule has 1 aliphatic carbocycles. The number of amides is 1. The Morgan fingerprint density at radius 1 is 1.32 bits per heavy atom. The highest BCUT2D eigenvalue weighted by atomic mass is 19.1. The molecule has 2 atom stereocenters. The van der Waals surface area contributed by atoms with E-state index in [1.165, 1.54) is 19.2 Å². The SMILES string of the molecule is COC(=O)C[C@H](NC(=O)[C@H]1CC=CCC1)c1ccc(F)cc1. The molecule has 1 aromatic carbocycles. The number of ether oxygens (including phenoxy) is 1. The third kappa shape index (κ3) is 4.41. The molecule has 0 radical (unpaired) electrons. The molecule has 0 bridgehead atoms. The highest BCUT2D eigenvalue weighted by molar-refractivity contribution is 5.80. The monoisotopic (exact) mass is 305 g/mol. The Labute approximate surface area is 129 Å². The molecular weight excluding hydrogens is 285 g/mol. The minimum Gasteiger partial charge on any atom is -0.469 e. The van der Waals surface area contributed by atoms with Crippen molar-refractivity contribution in [2.75, 3.05) is 7.11 Å². The Kier molecular flexibility index (Phi) is 5.69. The van der Waals surface area contributed by atoms with Gasteiger partial charge in [-0.05, 0) is 37.0 Å². The Morgan fingerprint density at radius 2 is 2.05 bits per heavy atom. The minimum atomic E-state index is -0.508. The molecule has 118 valence electrons. The molecule has 0 unspecified atom stereocenters. The van der Waals surface area contributed by atoms with Crippen LogP contribution >= 0.6 is 0 Å². The van der Waals surface area contributed by atoms with E-state index in [0.717, 1.165) is 12.8 Å². The van der Waals surface area contributed by atoms with E-state index >= 15 is 0 Å². The molecule has 22 heavy (non-hydrogen) atoms. The lowest BCUT2D eigenvalue weighted by molar-refractivity contribution is -0.141. The van der Waals surface area contributed by atoms with Crippen LogP contribution in [-0.2, 0) is 14.3 Å². The van der Waals surface area contributed by atoms with Gasteiger partial charge in [0.05, 0.1) is 19.6 Å². The van der Waals surface area contributed by atoms with Crippen LogP contribution in [0.5, 0.6) is 0 Å². The fourth-order valence-electron chi connectivity index (χ4n) is 2.52. The Morgan fingerprint density at radius 3 is 2.64 bits per heavy atom. The van der Waals surface area contributed by atoms with E-state index in [1.807, 2.05) is 6.08 Å². The molecule has 1 N–H and O–H groups in total. The second-order valence-corrected chi connectivity index (χ2v) is 5.37. The number of halogens is 1. The zero-order valence-corrected chi connectivity index (χ0v) is 12.5. The molecule has 1 aromatic rings. The van der Waals surface area contributed by atoms with Crippen molar-refractivity contribution >= 4 is 11.9 Å². The van der Waals surface area contributed by atoms with Gasteiger partial charge in [0.25, 0.3) is 0 Å². The van der Waals surface area contributed by atoms with Crippen molar-refractivity contribution in [1.29, 1.82) is 0 Å². The van der Waals surface area contributed by atoms with Gasteiger partial charge in [0.15, 0.2) is 0 Å². The summed E-state index contributed by atoms with van der Waals surface area (Å²) in [5, 5.41) is 2.89. The van der Waals surface area contributed by atoms with Crippen molar-refractivity contribution < 1.29 is 18.7 Å². The van der Waals surface area contributed by atoms with Crippen LogP contribution in [0.15, 0.2) is 36.4 Å². The van der Waals surface area contributed by atoms with E-state index in [-0.39, 0.29) is 24.1 Å². The predicted molar refractivity (Wildman–Crippen MR) is 80.4 cm³/mol. The molecule has 0 aliphatic heterocycles. The zero-order chi connectivity index (χ0) is 15.9. The van der Waals surface area contributed by atoms with Gasteiger partial charge >= 0.3 is 5.97 Å². The number of rotatable bonds is 5.